The Morgan fingerprint density at radius 1 is 1.46 bits per heavy atom. The van der Waals surface area contributed by atoms with E-state index in [0.29, 0.717) is 17.7 Å². The number of amides is 1. The predicted molar refractivity (Wildman–Crippen MR) is 87.2 cm³/mol. The molecule has 2 rings (SSSR count). The zero-order chi connectivity index (χ0) is 17.7. The van der Waals surface area contributed by atoms with Crippen molar-refractivity contribution in [2.75, 3.05) is 5.32 Å². The van der Waals surface area contributed by atoms with Gasteiger partial charge >= 0.3 is 0 Å². The van der Waals surface area contributed by atoms with Gasteiger partial charge in [0.2, 0.25) is 0 Å². The number of halogens is 2. The molecular weight excluding hydrogens is 316 g/mol. The van der Waals surface area contributed by atoms with E-state index in [2.05, 4.69) is 15.5 Å². The minimum absolute atomic E-state index is 0.153. The Hall–Kier alpha value is -2.57. The van der Waals surface area contributed by atoms with E-state index < -0.39 is 23.1 Å². The molecule has 2 N–H and O–H groups in total. The third-order valence-electron chi connectivity index (χ3n) is 3.57. The molecule has 0 unspecified atom stereocenters. The lowest BCUT2D eigenvalue weighted by atomic mass is 10.1. The van der Waals surface area contributed by atoms with Gasteiger partial charge in [-0.2, -0.15) is 0 Å². The first-order chi connectivity index (χ1) is 11.5. The van der Waals surface area contributed by atoms with Gasteiger partial charge in [0.15, 0.2) is 0 Å². The van der Waals surface area contributed by atoms with E-state index in [1.807, 2.05) is 0 Å². The van der Waals surface area contributed by atoms with Gasteiger partial charge in [0.25, 0.3) is 5.91 Å². The van der Waals surface area contributed by atoms with E-state index in [0.717, 1.165) is 25.8 Å². The van der Waals surface area contributed by atoms with Gasteiger partial charge in [-0.25, -0.2) is 13.8 Å². The molecule has 1 amide bonds. The summed E-state index contributed by atoms with van der Waals surface area (Å²) in [7, 11) is 0. The van der Waals surface area contributed by atoms with Crippen molar-refractivity contribution >= 4 is 17.4 Å². The first-order valence-corrected chi connectivity index (χ1v) is 7.70. The minimum atomic E-state index is -0.908. The van der Waals surface area contributed by atoms with E-state index >= 15 is 0 Å². The van der Waals surface area contributed by atoms with Crippen molar-refractivity contribution in [1.82, 2.24) is 4.98 Å². The minimum Gasteiger partial charge on any atom is -0.411 e. The van der Waals surface area contributed by atoms with Gasteiger partial charge in [0.1, 0.15) is 23.0 Å². The summed E-state index contributed by atoms with van der Waals surface area (Å²) in [4.78, 5) is 16.1. The molecule has 1 heterocycles. The fraction of sp³-hybridized carbons (Fsp3) is 0.353. The maximum Gasteiger partial charge on any atom is 0.262 e. The van der Waals surface area contributed by atoms with Crippen molar-refractivity contribution in [3.8, 4) is 0 Å². The molecule has 0 aliphatic heterocycles. The summed E-state index contributed by atoms with van der Waals surface area (Å²) < 4.78 is 27.3. The first-order valence-electron chi connectivity index (χ1n) is 7.70. The summed E-state index contributed by atoms with van der Waals surface area (Å²) in [6.07, 6.45) is 4.85. The summed E-state index contributed by atoms with van der Waals surface area (Å²) in [5.74, 6) is -2.34. The number of hydrogen-bond donors (Lipinski definition) is 2. The Balaban J connectivity index is 2.14. The van der Waals surface area contributed by atoms with E-state index in [4.69, 9.17) is 5.21 Å². The lowest BCUT2D eigenvalue weighted by Crippen LogP contribution is -2.17. The van der Waals surface area contributed by atoms with E-state index in [1.165, 1.54) is 12.3 Å². The van der Waals surface area contributed by atoms with Gasteiger partial charge in [-0.15, -0.1) is 0 Å². The largest absolute Gasteiger partial charge is 0.411 e. The monoisotopic (exact) mass is 335 g/mol. The highest BCUT2D eigenvalue weighted by Crippen LogP contribution is 2.33. The second-order valence-corrected chi connectivity index (χ2v) is 5.51. The third kappa shape index (κ3) is 4.24. The summed E-state index contributed by atoms with van der Waals surface area (Å²) in [5, 5.41) is 14.7. The second kappa shape index (κ2) is 7.81. The van der Waals surface area contributed by atoms with Crippen LogP contribution < -0.4 is 5.32 Å². The molecule has 0 bridgehead atoms. The van der Waals surface area contributed by atoms with Crippen LogP contribution >= 0.6 is 0 Å². The molecule has 1 fully saturated rings. The van der Waals surface area contributed by atoms with Crippen molar-refractivity contribution in [3.05, 3.63) is 47.2 Å². The lowest BCUT2D eigenvalue weighted by molar-refractivity contribution is -0.112. The molecule has 7 heteroatoms. The number of nitrogens with zero attached hydrogens (tertiary/aromatic N) is 2. The number of aromatic nitrogens is 1. The number of carbonyl (C=O) groups is 1. The topological polar surface area (TPSA) is 74.6 Å². The van der Waals surface area contributed by atoms with Crippen LogP contribution in [0.25, 0.3) is 0 Å². The summed E-state index contributed by atoms with van der Waals surface area (Å²) in [5.41, 5.74) is 0.559. The Labute approximate surface area is 138 Å². The Morgan fingerprint density at radius 3 is 2.62 bits per heavy atom. The van der Waals surface area contributed by atoms with Crippen LogP contribution in [0.3, 0.4) is 0 Å². The number of pyridine rings is 1. The van der Waals surface area contributed by atoms with Crippen LogP contribution in [0.5, 0.6) is 0 Å². The van der Waals surface area contributed by atoms with E-state index in [-0.39, 0.29) is 11.7 Å². The van der Waals surface area contributed by atoms with Crippen molar-refractivity contribution < 1.29 is 18.8 Å². The zero-order valence-corrected chi connectivity index (χ0v) is 13.5. The van der Waals surface area contributed by atoms with Gasteiger partial charge < -0.3 is 10.5 Å². The van der Waals surface area contributed by atoms with Crippen LogP contribution in [-0.2, 0) is 4.79 Å². The van der Waals surface area contributed by atoms with Crippen LogP contribution in [0, 0.1) is 5.92 Å². The first kappa shape index (κ1) is 17.8. The number of anilines is 1. The maximum atomic E-state index is 13.8. The zero-order valence-electron chi connectivity index (χ0n) is 13.5. The highest BCUT2D eigenvalue weighted by atomic mass is 19.1. The molecule has 0 spiro atoms. The van der Waals surface area contributed by atoms with Crippen LogP contribution in [-0.4, -0.2) is 21.8 Å². The summed E-state index contributed by atoms with van der Waals surface area (Å²) in [6.45, 7) is 2.71. The molecule has 1 saturated carbocycles. The van der Waals surface area contributed by atoms with Gasteiger partial charge in [-0.05, 0) is 44.4 Å². The molecular formula is C17H19F2N3O2. The van der Waals surface area contributed by atoms with Gasteiger partial charge in [-0.3, -0.25) is 4.79 Å². The Morgan fingerprint density at radius 2 is 2.17 bits per heavy atom. The normalized spacial score (nSPS) is 16.7. The Kier molecular flexibility index (Phi) is 5.78. The van der Waals surface area contributed by atoms with E-state index in [1.54, 1.807) is 13.0 Å². The van der Waals surface area contributed by atoms with Crippen molar-refractivity contribution in [1.29, 1.82) is 0 Å². The molecule has 1 aliphatic carbocycles. The summed E-state index contributed by atoms with van der Waals surface area (Å²) in [6, 6.07) is 3.13. The molecule has 0 radical (unpaired) electrons. The SMILES string of the molecule is CC/C=C(F)\C(C(=O)Nc1ccc(/C(=N/O)C2CC2)cn1)=C(/C)F. The highest BCUT2D eigenvalue weighted by Gasteiger charge is 2.29. The predicted octanol–water partition coefficient (Wildman–Crippen LogP) is 4.12. The Bertz CT molecular complexity index is 701. The standard InChI is InChI=1S/C17H19F2N3O2/c1-3-4-13(19)15(10(2)18)17(23)21-14-8-7-12(9-20-14)16(22-24)11-5-6-11/h4,7-9,11,24H,3,5-6H2,1-2H3,(H,20,21,23)/b13-4+,15-10-,22-16+. The third-order valence-corrected chi connectivity index (χ3v) is 3.57. The smallest absolute Gasteiger partial charge is 0.262 e. The molecule has 128 valence electrons. The van der Waals surface area contributed by atoms with Crippen LogP contribution in [0.15, 0.2) is 46.8 Å². The fourth-order valence-electron chi connectivity index (χ4n) is 2.24. The summed E-state index contributed by atoms with van der Waals surface area (Å²) >= 11 is 0. The second-order valence-electron chi connectivity index (χ2n) is 5.51. The molecule has 0 aromatic carbocycles. The molecule has 1 aromatic heterocycles. The van der Waals surface area contributed by atoms with Gasteiger partial charge in [0.05, 0.1) is 5.71 Å². The number of allylic oxidation sites excluding steroid dienone is 2. The number of oxime groups is 1. The lowest BCUT2D eigenvalue weighted by Gasteiger charge is -2.08. The van der Waals surface area contributed by atoms with Crippen molar-refractivity contribution in [2.24, 2.45) is 11.1 Å². The van der Waals surface area contributed by atoms with Crippen LogP contribution in [0.2, 0.25) is 0 Å². The van der Waals surface area contributed by atoms with Gasteiger partial charge in [0, 0.05) is 17.7 Å². The van der Waals surface area contributed by atoms with Crippen molar-refractivity contribution in [3.63, 3.8) is 0 Å². The van der Waals surface area contributed by atoms with Crippen LogP contribution in [0.1, 0.15) is 38.7 Å². The molecule has 1 aliphatic rings. The van der Waals surface area contributed by atoms with Crippen molar-refractivity contribution in [2.45, 2.75) is 33.1 Å². The number of hydrogen-bond acceptors (Lipinski definition) is 4. The number of rotatable bonds is 6. The van der Waals surface area contributed by atoms with Gasteiger partial charge in [-0.1, -0.05) is 12.1 Å². The number of carbonyl (C=O) groups excluding carboxylic acids is 1. The molecule has 0 atom stereocenters. The average molecular weight is 335 g/mol. The molecule has 0 saturated heterocycles. The van der Waals surface area contributed by atoms with Crippen LogP contribution in [0.4, 0.5) is 14.6 Å². The van der Waals surface area contributed by atoms with E-state index in [9.17, 15) is 13.6 Å². The maximum absolute atomic E-state index is 13.8. The molecule has 5 nitrogen and oxygen atoms in total. The average Bonchev–Trinajstić information content (AvgIpc) is 3.34. The fourth-order valence-corrected chi connectivity index (χ4v) is 2.24. The molecule has 1 aromatic rings. The quantitative estimate of drug-likeness (QED) is 0.270. The highest BCUT2D eigenvalue weighted by molar-refractivity contribution is 6.07. The number of nitrogens with one attached hydrogen (secondary N) is 1. The molecule has 24 heavy (non-hydrogen) atoms.